The Morgan fingerprint density at radius 1 is 1.04 bits per heavy atom. The van der Waals surface area contributed by atoms with Gasteiger partial charge in [0.15, 0.2) is 0 Å². The third kappa shape index (κ3) is 6.08. The van der Waals surface area contributed by atoms with Crippen molar-refractivity contribution in [2.45, 2.75) is 83.6 Å². The number of fused-ring (bicyclic) bond motifs is 6. The Morgan fingerprint density at radius 3 is 2.71 bits per heavy atom. The van der Waals surface area contributed by atoms with Gasteiger partial charge in [-0.1, -0.05) is 26.0 Å². The van der Waals surface area contributed by atoms with E-state index in [2.05, 4.69) is 50.9 Å². The number of rotatable bonds is 8. The Kier molecular flexibility index (Phi) is 8.83. The summed E-state index contributed by atoms with van der Waals surface area (Å²) in [6.07, 6.45) is 5.77. The predicted molar refractivity (Wildman–Crippen MR) is 192 cm³/mol. The van der Waals surface area contributed by atoms with E-state index in [-0.39, 0.29) is 30.0 Å². The van der Waals surface area contributed by atoms with E-state index in [0.29, 0.717) is 12.5 Å². The molecule has 4 N–H and O–H groups in total. The zero-order valence-electron chi connectivity index (χ0n) is 30.0. The first-order valence-corrected chi connectivity index (χ1v) is 18.2. The molecule has 0 radical (unpaired) electrons. The number of carbonyl (C=O) groups is 2. The van der Waals surface area contributed by atoms with Crippen molar-refractivity contribution in [1.82, 2.24) is 35.5 Å². The van der Waals surface area contributed by atoms with Gasteiger partial charge in [0.2, 0.25) is 5.91 Å². The Balaban J connectivity index is 1.02. The van der Waals surface area contributed by atoms with Gasteiger partial charge in [0, 0.05) is 36.5 Å². The molecular weight excluding hydrogens is 646 g/mol. The van der Waals surface area contributed by atoms with Crippen molar-refractivity contribution in [3.63, 3.8) is 0 Å². The number of nitrogens with one attached hydrogen (secondary N) is 4. The summed E-state index contributed by atoms with van der Waals surface area (Å²) < 4.78 is 16.6. The number of carbonyl (C=O) groups excluding carboxylic acids is 2. The molecule has 5 unspecified atom stereocenters. The maximum Gasteiger partial charge on any atom is 0.407 e. The highest BCUT2D eigenvalue weighted by molar-refractivity contribution is 5.87. The molecule has 0 spiro atoms. The highest BCUT2D eigenvalue weighted by Gasteiger charge is 2.41. The van der Waals surface area contributed by atoms with Crippen LogP contribution in [0.1, 0.15) is 80.6 Å². The summed E-state index contributed by atoms with van der Waals surface area (Å²) >= 11 is 0. The second-order valence-electron chi connectivity index (χ2n) is 14.9. The van der Waals surface area contributed by atoms with Crippen LogP contribution in [-0.4, -0.2) is 76.3 Å². The quantitative estimate of drug-likeness (QED) is 0.180. The van der Waals surface area contributed by atoms with Gasteiger partial charge in [-0.2, -0.15) is 0 Å². The Labute approximate surface area is 298 Å². The van der Waals surface area contributed by atoms with Gasteiger partial charge in [-0.3, -0.25) is 4.79 Å². The van der Waals surface area contributed by atoms with Gasteiger partial charge in [-0.15, -0.1) is 0 Å². The summed E-state index contributed by atoms with van der Waals surface area (Å²) in [6.45, 7) is 8.07. The number of benzene rings is 2. The molecule has 5 heterocycles. The molecule has 2 fully saturated rings. The van der Waals surface area contributed by atoms with E-state index in [1.807, 2.05) is 31.9 Å². The van der Waals surface area contributed by atoms with E-state index in [1.54, 1.807) is 7.11 Å². The monoisotopic (exact) mass is 693 g/mol. The molecule has 5 atom stereocenters. The number of methoxy groups -OCH3 is 2. The Hall–Kier alpha value is -4.68. The smallest absolute Gasteiger partial charge is 0.407 e. The van der Waals surface area contributed by atoms with Gasteiger partial charge in [-0.05, 0) is 91.3 Å². The summed E-state index contributed by atoms with van der Waals surface area (Å²) in [7, 11) is 3.07. The molecule has 4 aliphatic rings. The SMILES string of the molecule is COCC1CNC(c2nc3c([nH]2)CCc2cc4c(cc2-3)OCc2cc(-c3cnc(C5CCC(C)N5C(=O)C(NC(=O)OC)C(C)C)[nH]3)ccc2-4)C1. The zero-order valence-corrected chi connectivity index (χ0v) is 30.0. The van der Waals surface area contributed by atoms with Gasteiger partial charge >= 0.3 is 6.09 Å². The number of aryl methyl sites for hydroxylation is 2. The fraction of sp³-hybridized carbons (Fsp3) is 0.487. The van der Waals surface area contributed by atoms with Crippen LogP contribution < -0.4 is 15.4 Å². The van der Waals surface area contributed by atoms with Crippen LogP contribution >= 0.6 is 0 Å². The van der Waals surface area contributed by atoms with E-state index in [4.69, 9.17) is 24.2 Å². The first-order valence-electron chi connectivity index (χ1n) is 18.2. The molecule has 2 aromatic carbocycles. The van der Waals surface area contributed by atoms with Crippen molar-refractivity contribution in [3.05, 3.63) is 65.0 Å². The van der Waals surface area contributed by atoms with E-state index < -0.39 is 12.1 Å². The normalized spacial score (nSPS) is 22.5. The molecule has 0 saturated carbocycles. The third-order valence-electron chi connectivity index (χ3n) is 11.2. The maximum absolute atomic E-state index is 13.8. The topological polar surface area (TPSA) is 146 Å². The van der Waals surface area contributed by atoms with Crippen molar-refractivity contribution < 1.29 is 23.8 Å². The average Bonchev–Trinajstić information content (AvgIpc) is 3.95. The van der Waals surface area contributed by atoms with Gasteiger partial charge in [0.05, 0.1) is 43.4 Å². The van der Waals surface area contributed by atoms with Crippen LogP contribution in [0, 0.1) is 11.8 Å². The second-order valence-corrected chi connectivity index (χ2v) is 14.9. The molecule has 4 aromatic rings. The molecule has 1 aliphatic carbocycles. The highest BCUT2D eigenvalue weighted by Crippen LogP contribution is 2.45. The van der Waals surface area contributed by atoms with E-state index in [1.165, 1.54) is 23.9 Å². The van der Waals surface area contributed by atoms with Crippen LogP contribution in [0.25, 0.3) is 33.6 Å². The Morgan fingerprint density at radius 2 is 1.90 bits per heavy atom. The number of imidazole rings is 2. The lowest BCUT2D eigenvalue weighted by molar-refractivity contribution is -0.137. The number of likely N-dealkylation sites (tertiary alicyclic amines) is 1. The lowest BCUT2D eigenvalue weighted by Crippen LogP contribution is -2.52. The molecule has 0 bridgehead atoms. The number of hydrogen-bond acceptors (Lipinski definition) is 8. The maximum atomic E-state index is 13.8. The predicted octanol–water partition coefficient (Wildman–Crippen LogP) is 5.85. The summed E-state index contributed by atoms with van der Waals surface area (Å²) in [5, 5.41) is 6.35. The number of nitrogens with zero attached hydrogens (tertiary/aromatic N) is 3. The number of hydrogen-bond donors (Lipinski definition) is 4. The lowest BCUT2D eigenvalue weighted by Gasteiger charge is -2.32. The molecule has 12 nitrogen and oxygen atoms in total. The number of H-pyrrole nitrogens is 2. The highest BCUT2D eigenvalue weighted by atomic mass is 16.5. The number of amides is 2. The van der Waals surface area contributed by atoms with Gasteiger partial charge in [0.1, 0.15) is 30.0 Å². The van der Waals surface area contributed by atoms with Crippen LogP contribution in [0.4, 0.5) is 4.79 Å². The minimum Gasteiger partial charge on any atom is -0.488 e. The van der Waals surface area contributed by atoms with Crippen molar-refractivity contribution in [3.8, 4) is 39.4 Å². The summed E-state index contributed by atoms with van der Waals surface area (Å²) in [5.74, 6) is 2.92. The summed E-state index contributed by atoms with van der Waals surface area (Å²) in [6, 6.07) is 10.3. The molecular formula is C39H47N7O5. The number of aromatic nitrogens is 4. The molecule has 268 valence electrons. The largest absolute Gasteiger partial charge is 0.488 e. The van der Waals surface area contributed by atoms with E-state index in [0.717, 1.165) is 96.3 Å². The summed E-state index contributed by atoms with van der Waals surface area (Å²) in [4.78, 5) is 44.8. The molecule has 3 aliphatic heterocycles. The van der Waals surface area contributed by atoms with Crippen molar-refractivity contribution in [2.75, 3.05) is 27.4 Å². The zero-order chi connectivity index (χ0) is 35.4. The lowest BCUT2D eigenvalue weighted by atomic mass is 9.86. The van der Waals surface area contributed by atoms with Crippen molar-refractivity contribution in [1.29, 1.82) is 0 Å². The van der Waals surface area contributed by atoms with E-state index in [9.17, 15) is 9.59 Å². The molecule has 2 saturated heterocycles. The molecule has 12 heteroatoms. The van der Waals surface area contributed by atoms with Crippen LogP contribution in [0.2, 0.25) is 0 Å². The minimum atomic E-state index is -0.688. The number of ether oxygens (including phenoxy) is 3. The summed E-state index contributed by atoms with van der Waals surface area (Å²) in [5.41, 5.74) is 9.99. The van der Waals surface area contributed by atoms with Crippen molar-refractivity contribution >= 4 is 12.0 Å². The number of alkyl carbamates (subject to hydrolysis) is 1. The fourth-order valence-corrected chi connectivity index (χ4v) is 8.46. The second kappa shape index (κ2) is 13.5. The molecule has 2 amide bonds. The first-order chi connectivity index (χ1) is 24.7. The Bertz CT molecular complexity index is 1970. The van der Waals surface area contributed by atoms with Crippen LogP contribution in [0.3, 0.4) is 0 Å². The fourth-order valence-electron chi connectivity index (χ4n) is 8.46. The molecule has 51 heavy (non-hydrogen) atoms. The van der Waals surface area contributed by atoms with Crippen LogP contribution in [0.15, 0.2) is 36.5 Å². The standard InChI is InChI=1S/C39H47N7O5/c1-20(2)34(45-39(48)50-5)38(47)46-21(3)6-11-32(46)37-41-17-31(43-37)24-7-9-26-25(13-24)19-51-33-15-27-23(14-28(26)33)8-10-29-35(27)44-36(42-29)30-12-22(16-40-30)18-49-4/h7,9,13-15,17,20-22,30,32,34,40H,6,8,10-12,16,18-19H2,1-5H3,(H,41,43)(H,42,44)(H,45,48). The van der Waals surface area contributed by atoms with Gasteiger partial charge in [-0.25, -0.2) is 14.8 Å². The van der Waals surface area contributed by atoms with E-state index >= 15 is 0 Å². The van der Waals surface area contributed by atoms with Gasteiger partial charge in [0.25, 0.3) is 0 Å². The van der Waals surface area contributed by atoms with Crippen LogP contribution in [-0.2, 0) is 33.7 Å². The molecule has 8 rings (SSSR count). The van der Waals surface area contributed by atoms with Crippen molar-refractivity contribution in [2.24, 2.45) is 11.8 Å². The average molecular weight is 694 g/mol. The third-order valence-corrected chi connectivity index (χ3v) is 11.2. The van der Waals surface area contributed by atoms with Gasteiger partial charge < -0.3 is 39.7 Å². The molecule has 2 aromatic heterocycles. The first kappa shape index (κ1) is 33.5. The minimum absolute atomic E-state index is 0.0169. The van der Waals surface area contributed by atoms with Crippen LogP contribution in [0.5, 0.6) is 5.75 Å². The number of aromatic amines is 2.